The molecule has 1 fully saturated rings. The van der Waals surface area contributed by atoms with E-state index in [0.717, 1.165) is 23.8 Å². The second-order valence-electron chi connectivity index (χ2n) is 6.25. The number of carbonyl (C=O) groups excluding carboxylic acids is 1. The predicted molar refractivity (Wildman–Crippen MR) is 90.5 cm³/mol. The molecular weight excluding hydrogens is 292 g/mol. The van der Waals surface area contributed by atoms with E-state index in [4.69, 9.17) is 4.74 Å². The molecule has 5 heteroatoms. The predicted octanol–water partition coefficient (Wildman–Crippen LogP) is 3.19. The normalized spacial score (nSPS) is 15.2. The summed E-state index contributed by atoms with van der Waals surface area (Å²) < 4.78 is 5.14. The Morgan fingerprint density at radius 3 is 2.83 bits per heavy atom. The summed E-state index contributed by atoms with van der Waals surface area (Å²) in [6.07, 6.45) is 5.35. The Morgan fingerprint density at radius 1 is 1.30 bits per heavy atom. The van der Waals surface area contributed by atoms with Crippen LogP contribution in [0.2, 0.25) is 0 Å². The molecule has 2 aromatic rings. The molecule has 1 aromatic carbocycles. The molecule has 0 atom stereocenters. The third kappa shape index (κ3) is 3.79. The molecule has 122 valence electrons. The van der Waals surface area contributed by atoms with Crippen molar-refractivity contribution in [1.82, 2.24) is 4.98 Å². The van der Waals surface area contributed by atoms with E-state index in [0.29, 0.717) is 30.1 Å². The number of carbonyl (C=O) groups is 1. The molecule has 0 saturated heterocycles. The molecule has 5 nitrogen and oxygen atoms in total. The molecule has 0 unspecified atom stereocenters. The Balaban J connectivity index is 1.79. The molecule has 23 heavy (non-hydrogen) atoms. The van der Waals surface area contributed by atoms with Gasteiger partial charge in [-0.2, -0.15) is 0 Å². The van der Waals surface area contributed by atoms with Crippen LogP contribution < -0.4 is 10.9 Å². The molecule has 0 spiro atoms. The minimum atomic E-state index is -0.168. The number of ether oxygens (including phenoxy) is 1. The Kier molecular flexibility index (Phi) is 4.76. The number of pyridine rings is 1. The van der Waals surface area contributed by atoms with Crippen LogP contribution >= 0.6 is 0 Å². The summed E-state index contributed by atoms with van der Waals surface area (Å²) in [6.45, 7) is 0.383. The molecule has 0 bridgehead atoms. The molecule has 1 heterocycles. The van der Waals surface area contributed by atoms with Crippen LogP contribution in [0.4, 0.5) is 5.69 Å². The van der Waals surface area contributed by atoms with Gasteiger partial charge in [0.15, 0.2) is 0 Å². The van der Waals surface area contributed by atoms with Gasteiger partial charge in [-0.25, -0.2) is 0 Å². The number of aromatic nitrogens is 1. The van der Waals surface area contributed by atoms with Crippen molar-refractivity contribution in [2.45, 2.75) is 38.7 Å². The van der Waals surface area contributed by atoms with Crippen molar-refractivity contribution in [1.29, 1.82) is 0 Å². The van der Waals surface area contributed by atoms with Crippen LogP contribution in [0.1, 0.15) is 37.7 Å². The number of hydrogen-bond donors (Lipinski definition) is 2. The average molecular weight is 314 g/mol. The third-order valence-electron chi connectivity index (χ3n) is 4.46. The Hall–Kier alpha value is -2.14. The summed E-state index contributed by atoms with van der Waals surface area (Å²) in [7, 11) is 1.60. The van der Waals surface area contributed by atoms with Gasteiger partial charge in [0.05, 0.1) is 12.1 Å². The Bertz CT molecular complexity index is 760. The number of amides is 1. The lowest BCUT2D eigenvalue weighted by Crippen LogP contribution is -2.15. The van der Waals surface area contributed by atoms with E-state index in [-0.39, 0.29) is 11.5 Å². The number of hydrogen-bond acceptors (Lipinski definition) is 3. The number of nitrogens with one attached hydrogen (secondary N) is 2. The van der Waals surface area contributed by atoms with Crippen LogP contribution in [0.5, 0.6) is 0 Å². The van der Waals surface area contributed by atoms with Crippen LogP contribution in [0, 0.1) is 5.92 Å². The van der Waals surface area contributed by atoms with E-state index in [9.17, 15) is 9.59 Å². The van der Waals surface area contributed by atoms with Gasteiger partial charge >= 0.3 is 0 Å². The van der Waals surface area contributed by atoms with Gasteiger partial charge in [-0.15, -0.1) is 0 Å². The number of rotatable bonds is 5. The number of aromatic amines is 1. The molecule has 1 saturated carbocycles. The first-order valence-corrected chi connectivity index (χ1v) is 8.10. The van der Waals surface area contributed by atoms with E-state index in [1.807, 2.05) is 18.2 Å². The monoisotopic (exact) mass is 314 g/mol. The zero-order chi connectivity index (χ0) is 16.2. The molecule has 0 radical (unpaired) electrons. The zero-order valence-corrected chi connectivity index (χ0v) is 13.4. The van der Waals surface area contributed by atoms with Gasteiger partial charge in [-0.3, -0.25) is 9.59 Å². The van der Waals surface area contributed by atoms with Gasteiger partial charge in [0.25, 0.3) is 0 Å². The summed E-state index contributed by atoms with van der Waals surface area (Å²) in [4.78, 5) is 26.7. The van der Waals surface area contributed by atoms with Crippen molar-refractivity contribution < 1.29 is 9.53 Å². The summed E-state index contributed by atoms with van der Waals surface area (Å²) in [6, 6.07) is 7.13. The summed E-state index contributed by atoms with van der Waals surface area (Å²) in [5.74, 6) is 0.565. The van der Waals surface area contributed by atoms with Gasteiger partial charge < -0.3 is 15.0 Å². The van der Waals surface area contributed by atoms with Crippen molar-refractivity contribution in [2.75, 3.05) is 12.4 Å². The van der Waals surface area contributed by atoms with Crippen LogP contribution in [0.15, 0.2) is 29.1 Å². The van der Waals surface area contributed by atoms with E-state index >= 15 is 0 Å². The first-order chi connectivity index (χ1) is 11.2. The lowest BCUT2D eigenvalue weighted by Gasteiger charge is -2.11. The second-order valence-corrected chi connectivity index (χ2v) is 6.25. The molecule has 1 aromatic heterocycles. The van der Waals surface area contributed by atoms with Gasteiger partial charge in [-0.1, -0.05) is 18.9 Å². The standard InChI is InChI=1S/C18H22N2O3/c1-23-11-13-9-18(22)20-16-10-14(6-7-15(13)16)19-17(21)8-12-4-2-3-5-12/h6-7,9-10,12H,2-5,8,11H2,1H3,(H,19,21)(H,20,22). The third-order valence-corrected chi connectivity index (χ3v) is 4.46. The van der Waals surface area contributed by atoms with Crippen molar-refractivity contribution in [3.05, 3.63) is 40.2 Å². The van der Waals surface area contributed by atoms with Gasteiger partial charge in [-0.05, 0) is 36.5 Å². The van der Waals surface area contributed by atoms with Crippen LogP contribution in [0.25, 0.3) is 10.9 Å². The summed E-state index contributed by atoms with van der Waals surface area (Å²) in [5, 5.41) is 3.87. The Morgan fingerprint density at radius 2 is 2.09 bits per heavy atom. The molecule has 1 amide bonds. The zero-order valence-electron chi connectivity index (χ0n) is 13.4. The SMILES string of the molecule is COCc1cc(=O)[nH]c2cc(NC(=O)CC3CCCC3)ccc12. The minimum Gasteiger partial charge on any atom is -0.380 e. The van der Waals surface area contributed by atoms with Crippen molar-refractivity contribution in [3.63, 3.8) is 0 Å². The number of methoxy groups -OCH3 is 1. The number of H-pyrrole nitrogens is 1. The minimum absolute atomic E-state index is 0.0478. The van der Waals surface area contributed by atoms with E-state index in [1.54, 1.807) is 13.2 Å². The first kappa shape index (κ1) is 15.7. The molecule has 3 rings (SSSR count). The number of benzene rings is 1. The van der Waals surface area contributed by atoms with E-state index in [2.05, 4.69) is 10.3 Å². The fraction of sp³-hybridized carbons (Fsp3) is 0.444. The molecule has 2 N–H and O–H groups in total. The number of anilines is 1. The quantitative estimate of drug-likeness (QED) is 0.890. The van der Waals surface area contributed by atoms with Crippen molar-refractivity contribution in [2.24, 2.45) is 5.92 Å². The van der Waals surface area contributed by atoms with E-state index in [1.165, 1.54) is 12.8 Å². The average Bonchev–Trinajstić information content (AvgIpc) is 2.99. The largest absolute Gasteiger partial charge is 0.380 e. The van der Waals surface area contributed by atoms with Crippen molar-refractivity contribution >= 4 is 22.5 Å². The summed E-state index contributed by atoms with van der Waals surface area (Å²) >= 11 is 0. The molecule has 0 aliphatic heterocycles. The maximum absolute atomic E-state index is 12.1. The lowest BCUT2D eigenvalue weighted by atomic mass is 10.0. The lowest BCUT2D eigenvalue weighted by molar-refractivity contribution is -0.117. The van der Waals surface area contributed by atoms with Gasteiger partial charge in [0.1, 0.15) is 0 Å². The fourth-order valence-electron chi connectivity index (χ4n) is 3.37. The number of fused-ring (bicyclic) bond motifs is 1. The highest BCUT2D eigenvalue weighted by Gasteiger charge is 2.18. The fourth-order valence-corrected chi connectivity index (χ4v) is 3.37. The first-order valence-electron chi connectivity index (χ1n) is 8.10. The molecular formula is C18H22N2O3. The highest BCUT2D eigenvalue weighted by molar-refractivity contribution is 5.94. The Labute approximate surface area is 135 Å². The van der Waals surface area contributed by atoms with Crippen LogP contribution in [-0.2, 0) is 16.1 Å². The second kappa shape index (κ2) is 6.96. The van der Waals surface area contributed by atoms with E-state index < -0.39 is 0 Å². The summed E-state index contributed by atoms with van der Waals surface area (Å²) in [5.41, 5.74) is 2.10. The smallest absolute Gasteiger partial charge is 0.248 e. The molecule has 1 aliphatic carbocycles. The van der Waals surface area contributed by atoms with Crippen LogP contribution in [0.3, 0.4) is 0 Å². The van der Waals surface area contributed by atoms with Crippen molar-refractivity contribution in [3.8, 4) is 0 Å². The molecule has 1 aliphatic rings. The maximum atomic E-state index is 12.1. The van der Waals surface area contributed by atoms with Gasteiger partial charge in [0, 0.05) is 30.7 Å². The topological polar surface area (TPSA) is 71.2 Å². The van der Waals surface area contributed by atoms with Crippen LogP contribution in [-0.4, -0.2) is 18.0 Å². The van der Waals surface area contributed by atoms with Gasteiger partial charge in [0.2, 0.25) is 11.5 Å². The highest BCUT2D eigenvalue weighted by Crippen LogP contribution is 2.28. The highest BCUT2D eigenvalue weighted by atomic mass is 16.5. The maximum Gasteiger partial charge on any atom is 0.248 e.